The number of rotatable bonds is 8. The van der Waals surface area contributed by atoms with E-state index in [1.807, 2.05) is 6.92 Å². The Morgan fingerprint density at radius 3 is 2.88 bits per heavy atom. The summed E-state index contributed by atoms with van der Waals surface area (Å²) in [6.07, 6.45) is 4.08. The van der Waals surface area contributed by atoms with Gasteiger partial charge in [-0.3, -0.25) is 0 Å². The number of aromatic nitrogens is 2. The van der Waals surface area contributed by atoms with Gasteiger partial charge >= 0.3 is 0 Å². The molecule has 0 atom stereocenters. The predicted molar refractivity (Wildman–Crippen MR) is 70.4 cm³/mol. The highest BCUT2D eigenvalue weighted by atomic mass is 16.5. The van der Waals surface area contributed by atoms with Crippen molar-refractivity contribution in [2.24, 2.45) is 5.73 Å². The van der Waals surface area contributed by atoms with Crippen LogP contribution in [0.2, 0.25) is 0 Å². The van der Waals surface area contributed by atoms with Crippen LogP contribution in [0.25, 0.3) is 0 Å². The summed E-state index contributed by atoms with van der Waals surface area (Å²) < 4.78 is 7.26. The first-order valence-corrected chi connectivity index (χ1v) is 6.13. The van der Waals surface area contributed by atoms with Gasteiger partial charge in [0.25, 0.3) is 0 Å². The second-order valence-corrected chi connectivity index (χ2v) is 4.29. The SMILES string of the molecule is COCCCn1cc(C)nc1N(C)CCCN. The molecule has 5 heteroatoms. The molecule has 1 aromatic rings. The van der Waals surface area contributed by atoms with Crippen LogP contribution in [0.1, 0.15) is 18.5 Å². The van der Waals surface area contributed by atoms with Gasteiger partial charge in [-0.15, -0.1) is 0 Å². The maximum atomic E-state index is 5.53. The summed E-state index contributed by atoms with van der Waals surface area (Å²) in [4.78, 5) is 6.71. The molecule has 1 aromatic heterocycles. The molecule has 0 aromatic carbocycles. The standard InChI is InChI=1S/C12H24N4O/c1-11-10-16(8-5-9-17-3)12(14-11)15(2)7-4-6-13/h10H,4-9,13H2,1-3H3. The molecule has 0 amide bonds. The minimum atomic E-state index is 0.716. The number of imidazole rings is 1. The Kier molecular flexibility index (Phi) is 6.00. The Bertz CT molecular complexity index is 324. The van der Waals surface area contributed by atoms with Crippen LogP contribution in [-0.2, 0) is 11.3 Å². The van der Waals surface area contributed by atoms with E-state index in [0.29, 0.717) is 6.54 Å². The summed E-state index contributed by atoms with van der Waals surface area (Å²) in [5, 5.41) is 0. The lowest BCUT2D eigenvalue weighted by Gasteiger charge is -2.19. The monoisotopic (exact) mass is 240 g/mol. The fourth-order valence-corrected chi connectivity index (χ4v) is 1.81. The fraction of sp³-hybridized carbons (Fsp3) is 0.750. The Balaban J connectivity index is 2.62. The van der Waals surface area contributed by atoms with E-state index in [1.165, 1.54) is 0 Å². The van der Waals surface area contributed by atoms with Gasteiger partial charge in [-0.05, 0) is 26.3 Å². The number of hydrogen-bond acceptors (Lipinski definition) is 4. The van der Waals surface area contributed by atoms with Gasteiger partial charge in [0, 0.05) is 40.1 Å². The highest BCUT2D eigenvalue weighted by Gasteiger charge is 2.09. The summed E-state index contributed by atoms with van der Waals surface area (Å²) in [6.45, 7) is 5.40. The van der Waals surface area contributed by atoms with Crippen LogP contribution in [-0.4, -0.2) is 43.4 Å². The van der Waals surface area contributed by atoms with Crippen LogP contribution in [0.3, 0.4) is 0 Å². The molecule has 1 rings (SSSR count). The molecule has 0 unspecified atom stereocenters. The molecule has 2 N–H and O–H groups in total. The third kappa shape index (κ3) is 4.36. The molecule has 0 fully saturated rings. The largest absolute Gasteiger partial charge is 0.385 e. The number of anilines is 1. The molecule has 0 saturated heterocycles. The zero-order valence-electron chi connectivity index (χ0n) is 11.1. The lowest BCUT2D eigenvalue weighted by Crippen LogP contribution is -2.24. The van der Waals surface area contributed by atoms with Crippen LogP contribution < -0.4 is 10.6 Å². The summed E-state index contributed by atoms with van der Waals surface area (Å²) in [6, 6.07) is 0. The normalized spacial score (nSPS) is 10.8. The van der Waals surface area contributed by atoms with Gasteiger partial charge in [0.1, 0.15) is 0 Å². The molecule has 0 aliphatic heterocycles. The zero-order chi connectivity index (χ0) is 12.7. The van der Waals surface area contributed by atoms with Crippen LogP contribution in [0, 0.1) is 6.92 Å². The van der Waals surface area contributed by atoms with Crippen LogP contribution >= 0.6 is 0 Å². The molecule has 0 saturated carbocycles. The van der Waals surface area contributed by atoms with E-state index in [0.717, 1.165) is 44.2 Å². The second-order valence-electron chi connectivity index (χ2n) is 4.29. The third-order valence-electron chi connectivity index (χ3n) is 2.66. The van der Waals surface area contributed by atoms with Gasteiger partial charge in [0.05, 0.1) is 5.69 Å². The molecule has 0 bridgehead atoms. The second kappa shape index (κ2) is 7.29. The summed E-state index contributed by atoms with van der Waals surface area (Å²) in [5.41, 5.74) is 6.58. The highest BCUT2D eigenvalue weighted by Crippen LogP contribution is 2.13. The van der Waals surface area contributed by atoms with E-state index < -0.39 is 0 Å². The van der Waals surface area contributed by atoms with Crippen molar-refractivity contribution >= 4 is 5.95 Å². The molecule has 17 heavy (non-hydrogen) atoms. The molecular formula is C12H24N4O. The predicted octanol–water partition coefficient (Wildman–Crippen LogP) is 1.01. The number of nitrogens with zero attached hydrogens (tertiary/aromatic N) is 3. The first-order chi connectivity index (χ1) is 8.19. The Hall–Kier alpha value is -1.07. The summed E-state index contributed by atoms with van der Waals surface area (Å²) >= 11 is 0. The van der Waals surface area contributed by atoms with E-state index in [4.69, 9.17) is 10.5 Å². The lowest BCUT2D eigenvalue weighted by atomic mass is 10.4. The van der Waals surface area contributed by atoms with E-state index in [1.54, 1.807) is 7.11 Å². The number of nitrogens with two attached hydrogens (primary N) is 1. The van der Waals surface area contributed by atoms with Crippen molar-refractivity contribution in [2.75, 3.05) is 38.8 Å². The molecule has 5 nitrogen and oxygen atoms in total. The van der Waals surface area contributed by atoms with Crippen LogP contribution in [0.15, 0.2) is 6.20 Å². The fourth-order valence-electron chi connectivity index (χ4n) is 1.81. The van der Waals surface area contributed by atoms with Crippen molar-refractivity contribution in [2.45, 2.75) is 26.3 Å². The Labute approximate surface area is 104 Å². The summed E-state index contributed by atoms with van der Waals surface area (Å²) in [7, 11) is 3.79. The van der Waals surface area contributed by atoms with Crippen molar-refractivity contribution in [3.63, 3.8) is 0 Å². The van der Waals surface area contributed by atoms with Gasteiger partial charge in [0.2, 0.25) is 5.95 Å². The van der Waals surface area contributed by atoms with Gasteiger partial charge in [-0.2, -0.15) is 0 Å². The molecular weight excluding hydrogens is 216 g/mol. The van der Waals surface area contributed by atoms with Gasteiger partial charge in [-0.1, -0.05) is 0 Å². The van der Waals surface area contributed by atoms with Crippen LogP contribution in [0.5, 0.6) is 0 Å². The maximum Gasteiger partial charge on any atom is 0.205 e. The van der Waals surface area contributed by atoms with E-state index in [2.05, 4.69) is 27.7 Å². The van der Waals surface area contributed by atoms with Crippen molar-refractivity contribution in [1.29, 1.82) is 0 Å². The number of methoxy groups -OCH3 is 1. The number of ether oxygens (including phenoxy) is 1. The molecule has 98 valence electrons. The maximum absolute atomic E-state index is 5.53. The first-order valence-electron chi connectivity index (χ1n) is 6.13. The minimum Gasteiger partial charge on any atom is -0.385 e. The molecule has 0 aliphatic rings. The first kappa shape index (κ1) is 14.0. The van der Waals surface area contributed by atoms with Crippen molar-refractivity contribution in [1.82, 2.24) is 9.55 Å². The van der Waals surface area contributed by atoms with Gasteiger partial charge in [-0.25, -0.2) is 4.98 Å². The molecule has 0 aliphatic carbocycles. The molecule has 1 heterocycles. The number of aryl methyl sites for hydroxylation is 2. The quantitative estimate of drug-likeness (QED) is 0.689. The summed E-state index contributed by atoms with van der Waals surface area (Å²) in [5.74, 6) is 1.02. The Morgan fingerprint density at radius 2 is 2.24 bits per heavy atom. The topological polar surface area (TPSA) is 56.3 Å². The molecule has 0 spiro atoms. The van der Waals surface area contributed by atoms with Gasteiger partial charge < -0.3 is 19.9 Å². The smallest absolute Gasteiger partial charge is 0.205 e. The Morgan fingerprint density at radius 1 is 1.47 bits per heavy atom. The third-order valence-corrected chi connectivity index (χ3v) is 2.66. The van der Waals surface area contributed by atoms with E-state index in [9.17, 15) is 0 Å². The van der Waals surface area contributed by atoms with Crippen molar-refractivity contribution < 1.29 is 4.74 Å². The highest BCUT2D eigenvalue weighted by molar-refractivity contribution is 5.31. The number of hydrogen-bond donors (Lipinski definition) is 1. The lowest BCUT2D eigenvalue weighted by molar-refractivity contribution is 0.190. The van der Waals surface area contributed by atoms with Crippen molar-refractivity contribution in [3.8, 4) is 0 Å². The zero-order valence-corrected chi connectivity index (χ0v) is 11.1. The van der Waals surface area contributed by atoms with Gasteiger partial charge in [0.15, 0.2) is 0 Å². The van der Waals surface area contributed by atoms with E-state index >= 15 is 0 Å². The average molecular weight is 240 g/mol. The van der Waals surface area contributed by atoms with E-state index in [-0.39, 0.29) is 0 Å². The minimum absolute atomic E-state index is 0.716. The van der Waals surface area contributed by atoms with Crippen LogP contribution in [0.4, 0.5) is 5.95 Å². The van der Waals surface area contributed by atoms with Crippen molar-refractivity contribution in [3.05, 3.63) is 11.9 Å². The molecule has 0 radical (unpaired) electrons. The average Bonchev–Trinajstić information content (AvgIpc) is 2.68.